The largest absolute Gasteiger partial charge is 0.491 e. The Balaban J connectivity index is 2.07. The van der Waals surface area contributed by atoms with Gasteiger partial charge in [-0.1, -0.05) is 31.9 Å². The minimum atomic E-state index is 0.151. The number of rotatable bonds is 4. The fourth-order valence-electron chi connectivity index (χ4n) is 3.15. The summed E-state index contributed by atoms with van der Waals surface area (Å²) in [7, 11) is 0. The van der Waals surface area contributed by atoms with E-state index in [1.807, 2.05) is 6.07 Å². The first-order valence-electron chi connectivity index (χ1n) is 7.58. The molecule has 3 unspecified atom stereocenters. The molecule has 2 rings (SSSR count). The SMILES string of the molecule is CC1CCCC(C(N)c2cccc(OC(C)C)c2)C1. The minimum absolute atomic E-state index is 0.151. The molecule has 1 aliphatic rings. The number of benzene rings is 1. The predicted octanol–water partition coefficient (Wildman–Crippen LogP) is 4.30. The van der Waals surface area contributed by atoms with Crippen LogP contribution in [0.1, 0.15) is 58.1 Å². The van der Waals surface area contributed by atoms with Gasteiger partial charge in [0.1, 0.15) is 5.75 Å². The van der Waals surface area contributed by atoms with Crippen molar-refractivity contribution < 1.29 is 4.74 Å². The lowest BCUT2D eigenvalue weighted by atomic mass is 9.77. The van der Waals surface area contributed by atoms with E-state index < -0.39 is 0 Å². The standard InChI is InChI=1S/C17H27NO/c1-12(2)19-16-9-5-8-15(11-16)17(18)14-7-4-6-13(3)10-14/h5,8-9,11-14,17H,4,6-7,10,18H2,1-3H3. The molecule has 106 valence electrons. The van der Waals surface area contributed by atoms with Crippen LogP contribution < -0.4 is 10.5 Å². The highest BCUT2D eigenvalue weighted by molar-refractivity contribution is 5.31. The Kier molecular flexibility index (Phi) is 4.87. The molecule has 0 spiro atoms. The minimum Gasteiger partial charge on any atom is -0.491 e. The third-order valence-electron chi connectivity index (χ3n) is 4.10. The van der Waals surface area contributed by atoms with Crippen LogP contribution in [0, 0.1) is 11.8 Å². The summed E-state index contributed by atoms with van der Waals surface area (Å²) in [6.45, 7) is 6.45. The van der Waals surface area contributed by atoms with Crippen molar-refractivity contribution in [3.05, 3.63) is 29.8 Å². The highest BCUT2D eigenvalue weighted by Crippen LogP contribution is 2.36. The van der Waals surface area contributed by atoms with Crippen LogP contribution in [0.25, 0.3) is 0 Å². The van der Waals surface area contributed by atoms with Gasteiger partial charge in [-0.15, -0.1) is 0 Å². The average molecular weight is 261 g/mol. The summed E-state index contributed by atoms with van der Waals surface area (Å²) in [5, 5.41) is 0. The van der Waals surface area contributed by atoms with Crippen molar-refractivity contribution in [3.63, 3.8) is 0 Å². The second-order valence-corrected chi connectivity index (χ2v) is 6.30. The summed E-state index contributed by atoms with van der Waals surface area (Å²) in [6, 6.07) is 8.47. The molecule has 2 N–H and O–H groups in total. The van der Waals surface area contributed by atoms with Crippen molar-refractivity contribution in [2.75, 3.05) is 0 Å². The molecule has 0 amide bonds. The lowest BCUT2D eigenvalue weighted by molar-refractivity contribution is 0.238. The summed E-state index contributed by atoms with van der Waals surface area (Å²) >= 11 is 0. The molecule has 0 aromatic heterocycles. The molecule has 0 radical (unpaired) electrons. The Morgan fingerprint density at radius 3 is 2.74 bits per heavy atom. The van der Waals surface area contributed by atoms with Gasteiger partial charge in [-0.2, -0.15) is 0 Å². The molecule has 1 aromatic carbocycles. The first kappa shape index (κ1) is 14.4. The molecular formula is C17H27NO. The van der Waals surface area contributed by atoms with E-state index in [0.717, 1.165) is 11.7 Å². The van der Waals surface area contributed by atoms with Gasteiger partial charge in [0.05, 0.1) is 6.10 Å². The van der Waals surface area contributed by atoms with Crippen LogP contribution in [0.4, 0.5) is 0 Å². The van der Waals surface area contributed by atoms with Crippen molar-refractivity contribution >= 4 is 0 Å². The number of hydrogen-bond donors (Lipinski definition) is 1. The van der Waals surface area contributed by atoms with Crippen molar-refractivity contribution in [2.45, 2.75) is 58.6 Å². The summed E-state index contributed by atoms with van der Waals surface area (Å²) in [6.07, 6.45) is 5.42. The van der Waals surface area contributed by atoms with Crippen LogP contribution >= 0.6 is 0 Å². The van der Waals surface area contributed by atoms with Crippen molar-refractivity contribution in [3.8, 4) is 5.75 Å². The molecule has 1 aliphatic carbocycles. The van der Waals surface area contributed by atoms with Crippen molar-refractivity contribution in [2.24, 2.45) is 17.6 Å². The Bertz CT molecular complexity index is 402. The summed E-state index contributed by atoms with van der Waals surface area (Å²) in [5.41, 5.74) is 7.70. The van der Waals surface area contributed by atoms with E-state index in [9.17, 15) is 0 Å². The van der Waals surface area contributed by atoms with Crippen LogP contribution in [-0.4, -0.2) is 6.10 Å². The van der Waals surface area contributed by atoms with Crippen molar-refractivity contribution in [1.82, 2.24) is 0 Å². The number of nitrogens with two attached hydrogens (primary N) is 1. The summed E-state index contributed by atoms with van der Waals surface area (Å²) in [4.78, 5) is 0. The molecule has 1 fully saturated rings. The molecular weight excluding hydrogens is 234 g/mol. The van der Waals surface area contributed by atoms with E-state index in [-0.39, 0.29) is 12.1 Å². The molecule has 1 aromatic rings. The van der Waals surface area contributed by atoms with Gasteiger partial charge in [-0.3, -0.25) is 0 Å². The highest BCUT2D eigenvalue weighted by atomic mass is 16.5. The molecule has 0 aliphatic heterocycles. The quantitative estimate of drug-likeness (QED) is 0.877. The predicted molar refractivity (Wildman–Crippen MR) is 80.3 cm³/mol. The lowest BCUT2D eigenvalue weighted by Gasteiger charge is -2.31. The molecule has 3 atom stereocenters. The maximum Gasteiger partial charge on any atom is 0.120 e. The zero-order chi connectivity index (χ0) is 13.8. The molecule has 19 heavy (non-hydrogen) atoms. The maximum absolute atomic E-state index is 6.48. The van der Waals surface area contributed by atoms with Crippen LogP contribution in [-0.2, 0) is 0 Å². The average Bonchev–Trinajstić information content (AvgIpc) is 2.37. The third-order valence-corrected chi connectivity index (χ3v) is 4.10. The van der Waals surface area contributed by atoms with Gasteiger partial charge in [-0.05, 0) is 56.2 Å². The van der Waals surface area contributed by atoms with E-state index >= 15 is 0 Å². The van der Waals surface area contributed by atoms with Gasteiger partial charge in [-0.25, -0.2) is 0 Å². The zero-order valence-electron chi connectivity index (χ0n) is 12.4. The topological polar surface area (TPSA) is 35.2 Å². The Morgan fingerprint density at radius 2 is 2.05 bits per heavy atom. The van der Waals surface area contributed by atoms with Gasteiger partial charge in [0, 0.05) is 6.04 Å². The van der Waals surface area contributed by atoms with Crippen LogP contribution in [0.15, 0.2) is 24.3 Å². The second kappa shape index (κ2) is 6.42. The first-order valence-corrected chi connectivity index (χ1v) is 7.58. The molecule has 1 saturated carbocycles. The van der Waals surface area contributed by atoms with Gasteiger partial charge in [0.25, 0.3) is 0 Å². The second-order valence-electron chi connectivity index (χ2n) is 6.30. The van der Waals surface area contributed by atoms with Crippen molar-refractivity contribution in [1.29, 1.82) is 0 Å². The number of hydrogen-bond acceptors (Lipinski definition) is 2. The summed E-state index contributed by atoms with van der Waals surface area (Å²) in [5.74, 6) is 2.38. The number of ether oxygens (including phenoxy) is 1. The normalized spacial score (nSPS) is 25.3. The van der Waals surface area contributed by atoms with Crippen LogP contribution in [0.2, 0.25) is 0 Å². The third kappa shape index (κ3) is 3.97. The molecule has 0 heterocycles. The molecule has 2 nitrogen and oxygen atoms in total. The van der Waals surface area contributed by atoms with Crippen LogP contribution in [0.3, 0.4) is 0 Å². The van der Waals surface area contributed by atoms with Gasteiger partial charge in [0.15, 0.2) is 0 Å². The monoisotopic (exact) mass is 261 g/mol. The summed E-state index contributed by atoms with van der Waals surface area (Å²) < 4.78 is 5.76. The Morgan fingerprint density at radius 1 is 1.26 bits per heavy atom. The fourth-order valence-corrected chi connectivity index (χ4v) is 3.15. The highest BCUT2D eigenvalue weighted by Gasteiger charge is 2.25. The van der Waals surface area contributed by atoms with E-state index in [0.29, 0.717) is 5.92 Å². The Hall–Kier alpha value is -1.02. The van der Waals surface area contributed by atoms with E-state index in [1.54, 1.807) is 0 Å². The van der Waals surface area contributed by atoms with E-state index in [2.05, 4.69) is 39.0 Å². The molecule has 0 bridgehead atoms. The van der Waals surface area contributed by atoms with E-state index in [4.69, 9.17) is 10.5 Å². The first-order chi connectivity index (χ1) is 9.06. The van der Waals surface area contributed by atoms with Crippen LogP contribution in [0.5, 0.6) is 5.75 Å². The fraction of sp³-hybridized carbons (Fsp3) is 0.647. The Labute approximate surface area is 117 Å². The molecule has 0 saturated heterocycles. The smallest absolute Gasteiger partial charge is 0.120 e. The van der Waals surface area contributed by atoms with E-state index in [1.165, 1.54) is 31.2 Å². The zero-order valence-corrected chi connectivity index (χ0v) is 12.4. The lowest BCUT2D eigenvalue weighted by Crippen LogP contribution is -2.26. The van der Waals surface area contributed by atoms with Gasteiger partial charge >= 0.3 is 0 Å². The van der Waals surface area contributed by atoms with Gasteiger partial charge < -0.3 is 10.5 Å². The molecule has 2 heteroatoms. The van der Waals surface area contributed by atoms with Gasteiger partial charge in [0.2, 0.25) is 0 Å². The maximum atomic E-state index is 6.48.